The fraction of sp³-hybridized carbons (Fsp3) is 0.458. The molecule has 0 spiro atoms. The Morgan fingerprint density at radius 1 is 1.13 bits per heavy atom. The first kappa shape index (κ1) is 20.5. The number of ether oxygens (including phenoxy) is 2. The Morgan fingerprint density at radius 2 is 1.97 bits per heavy atom. The number of nitrogens with one attached hydrogen (secondary N) is 1. The van der Waals surface area contributed by atoms with Gasteiger partial charge in [-0.1, -0.05) is 24.3 Å². The molecule has 2 aromatic rings. The van der Waals surface area contributed by atoms with Crippen LogP contribution >= 0.6 is 0 Å². The number of anilines is 2. The summed E-state index contributed by atoms with van der Waals surface area (Å²) in [6, 6.07) is 16.8. The molecule has 0 saturated carbocycles. The first-order valence-corrected chi connectivity index (χ1v) is 10.7. The zero-order valence-corrected chi connectivity index (χ0v) is 17.8. The van der Waals surface area contributed by atoms with Crippen LogP contribution in [0.25, 0.3) is 0 Å². The second-order valence-corrected chi connectivity index (χ2v) is 7.98. The van der Waals surface area contributed by atoms with Gasteiger partial charge < -0.3 is 24.6 Å². The van der Waals surface area contributed by atoms with Crippen LogP contribution in [0.5, 0.6) is 5.75 Å². The molecule has 6 nitrogen and oxygen atoms in total. The fourth-order valence-electron chi connectivity index (χ4n) is 4.64. The topological polar surface area (TPSA) is 54.0 Å². The summed E-state index contributed by atoms with van der Waals surface area (Å²) in [5.41, 5.74) is 3.64. The fourth-order valence-corrected chi connectivity index (χ4v) is 4.64. The second kappa shape index (κ2) is 9.39. The monoisotopic (exact) mass is 409 g/mol. The molecule has 2 aliphatic heterocycles. The van der Waals surface area contributed by atoms with Crippen LogP contribution in [0.15, 0.2) is 48.5 Å². The van der Waals surface area contributed by atoms with E-state index in [-0.39, 0.29) is 17.9 Å². The van der Waals surface area contributed by atoms with Crippen molar-refractivity contribution in [1.29, 1.82) is 0 Å². The molecule has 1 saturated heterocycles. The van der Waals surface area contributed by atoms with E-state index in [0.29, 0.717) is 13.2 Å². The third-order valence-corrected chi connectivity index (χ3v) is 6.21. The highest BCUT2D eigenvalue weighted by Crippen LogP contribution is 2.38. The molecule has 0 aromatic heterocycles. The average molecular weight is 410 g/mol. The summed E-state index contributed by atoms with van der Waals surface area (Å²) in [6.07, 6.45) is 1.58. The molecule has 30 heavy (non-hydrogen) atoms. The van der Waals surface area contributed by atoms with Crippen LogP contribution in [-0.2, 0) is 16.0 Å². The van der Waals surface area contributed by atoms with Gasteiger partial charge in [0.25, 0.3) is 0 Å². The van der Waals surface area contributed by atoms with Crippen molar-refractivity contribution in [2.45, 2.75) is 18.9 Å². The number of nitrogens with zero attached hydrogens (tertiary/aromatic N) is 2. The standard InChI is InChI=1S/C24H31N3O3/c1-29-14-6-11-25-24(28)21-15-18-9-10-20(30-2)16-22(18)27-13-12-26(17-23(21)27)19-7-4-3-5-8-19/h3-5,7-10,16,21,23H,6,11-15,17H2,1-2H3,(H,25,28). The van der Waals surface area contributed by atoms with Gasteiger partial charge >= 0.3 is 0 Å². The third kappa shape index (κ3) is 4.24. The third-order valence-electron chi connectivity index (χ3n) is 6.21. The van der Waals surface area contributed by atoms with E-state index < -0.39 is 0 Å². The van der Waals surface area contributed by atoms with Crippen molar-refractivity contribution >= 4 is 17.3 Å². The quantitative estimate of drug-likeness (QED) is 0.713. The minimum Gasteiger partial charge on any atom is -0.497 e. The summed E-state index contributed by atoms with van der Waals surface area (Å²) in [6.45, 7) is 3.95. The zero-order valence-electron chi connectivity index (χ0n) is 17.8. The van der Waals surface area contributed by atoms with Gasteiger partial charge in [0.2, 0.25) is 5.91 Å². The number of fused-ring (bicyclic) bond motifs is 3. The number of hydrogen-bond acceptors (Lipinski definition) is 5. The maximum absolute atomic E-state index is 13.2. The summed E-state index contributed by atoms with van der Waals surface area (Å²) in [4.78, 5) is 18.0. The van der Waals surface area contributed by atoms with Crippen LogP contribution in [0.1, 0.15) is 12.0 Å². The van der Waals surface area contributed by atoms with Gasteiger partial charge in [-0.3, -0.25) is 4.79 Å². The van der Waals surface area contributed by atoms with Gasteiger partial charge in [-0.2, -0.15) is 0 Å². The average Bonchev–Trinajstić information content (AvgIpc) is 2.81. The maximum Gasteiger partial charge on any atom is 0.225 e. The SMILES string of the molecule is COCCCNC(=O)C1Cc2ccc(OC)cc2N2CCN(c3ccccc3)CC12. The van der Waals surface area contributed by atoms with Crippen LogP contribution in [0, 0.1) is 5.92 Å². The molecule has 1 fully saturated rings. The van der Waals surface area contributed by atoms with Gasteiger partial charge in [0.05, 0.1) is 19.1 Å². The molecule has 0 aliphatic carbocycles. The van der Waals surface area contributed by atoms with Crippen molar-refractivity contribution in [3.8, 4) is 5.75 Å². The lowest BCUT2D eigenvalue weighted by molar-refractivity contribution is -0.125. The molecule has 160 valence electrons. The van der Waals surface area contributed by atoms with E-state index >= 15 is 0 Å². The van der Waals surface area contributed by atoms with E-state index in [0.717, 1.165) is 38.2 Å². The van der Waals surface area contributed by atoms with Crippen molar-refractivity contribution in [1.82, 2.24) is 5.32 Å². The molecular weight excluding hydrogens is 378 g/mol. The lowest BCUT2D eigenvalue weighted by atomic mass is 9.83. The summed E-state index contributed by atoms with van der Waals surface area (Å²) in [5, 5.41) is 3.14. The van der Waals surface area contributed by atoms with E-state index in [9.17, 15) is 4.79 Å². The number of methoxy groups -OCH3 is 2. The van der Waals surface area contributed by atoms with Gasteiger partial charge in [-0.15, -0.1) is 0 Å². The highest BCUT2D eigenvalue weighted by atomic mass is 16.5. The second-order valence-electron chi connectivity index (χ2n) is 7.98. The molecule has 2 aliphatic rings. The number of carbonyl (C=O) groups excluding carboxylic acids is 1. The predicted octanol–water partition coefficient (Wildman–Crippen LogP) is 2.72. The van der Waals surface area contributed by atoms with E-state index in [1.54, 1.807) is 14.2 Å². The molecule has 2 heterocycles. The molecule has 2 unspecified atom stereocenters. The molecule has 1 N–H and O–H groups in total. The van der Waals surface area contributed by atoms with Crippen LogP contribution < -0.4 is 19.9 Å². The molecular formula is C24H31N3O3. The zero-order chi connectivity index (χ0) is 20.9. The number of carbonyl (C=O) groups is 1. The lowest BCUT2D eigenvalue weighted by Gasteiger charge is -2.49. The minimum atomic E-state index is -0.0834. The maximum atomic E-state index is 13.2. The van der Waals surface area contributed by atoms with Crippen molar-refractivity contribution in [2.75, 3.05) is 56.8 Å². The van der Waals surface area contributed by atoms with Gasteiger partial charge in [-0.25, -0.2) is 0 Å². The highest BCUT2D eigenvalue weighted by Gasteiger charge is 2.41. The molecule has 0 bridgehead atoms. The number of para-hydroxylation sites is 1. The molecule has 6 heteroatoms. The molecule has 1 amide bonds. The largest absolute Gasteiger partial charge is 0.497 e. The van der Waals surface area contributed by atoms with E-state index in [1.807, 2.05) is 12.1 Å². The van der Waals surface area contributed by atoms with E-state index in [1.165, 1.54) is 16.9 Å². The Labute approximate surface area is 178 Å². The van der Waals surface area contributed by atoms with Gasteiger partial charge in [0.1, 0.15) is 5.75 Å². The van der Waals surface area contributed by atoms with Crippen molar-refractivity contribution in [3.63, 3.8) is 0 Å². The Bertz CT molecular complexity index is 858. The van der Waals surface area contributed by atoms with E-state index in [2.05, 4.69) is 51.5 Å². The number of hydrogen-bond donors (Lipinski definition) is 1. The number of piperazine rings is 1. The number of amides is 1. The van der Waals surface area contributed by atoms with Gasteiger partial charge in [0.15, 0.2) is 0 Å². The lowest BCUT2D eigenvalue weighted by Crippen LogP contribution is -2.61. The molecule has 0 radical (unpaired) electrons. The summed E-state index contributed by atoms with van der Waals surface area (Å²) in [7, 11) is 3.39. The first-order valence-electron chi connectivity index (χ1n) is 10.7. The van der Waals surface area contributed by atoms with Gasteiger partial charge in [0, 0.05) is 57.3 Å². The Kier molecular flexibility index (Phi) is 6.43. The smallest absolute Gasteiger partial charge is 0.225 e. The minimum absolute atomic E-state index is 0.0834. The van der Waals surface area contributed by atoms with Crippen molar-refractivity contribution in [3.05, 3.63) is 54.1 Å². The first-order chi connectivity index (χ1) is 14.7. The predicted molar refractivity (Wildman–Crippen MR) is 119 cm³/mol. The number of benzene rings is 2. The summed E-state index contributed by atoms with van der Waals surface area (Å²) in [5.74, 6) is 0.915. The number of rotatable bonds is 7. The van der Waals surface area contributed by atoms with E-state index in [4.69, 9.17) is 9.47 Å². The summed E-state index contributed by atoms with van der Waals surface area (Å²) < 4.78 is 10.6. The van der Waals surface area contributed by atoms with Crippen LogP contribution in [0.2, 0.25) is 0 Å². The molecule has 2 aromatic carbocycles. The van der Waals surface area contributed by atoms with Crippen LogP contribution in [-0.4, -0.2) is 59.0 Å². The Morgan fingerprint density at radius 3 is 2.73 bits per heavy atom. The molecule has 4 rings (SSSR count). The van der Waals surface area contributed by atoms with Gasteiger partial charge in [-0.05, 0) is 36.6 Å². The molecule has 2 atom stereocenters. The van der Waals surface area contributed by atoms with Crippen molar-refractivity contribution < 1.29 is 14.3 Å². The normalized spacial score (nSPS) is 20.3. The Hall–Kier alpha value is -2.73. The van der Waals surface area contributed by atoms with Crippen LogP contribution in [0.4, 0.5) is 11.4 Å². The van der Waals surface area contributed by atoms with Crippen LogP contribution in [0.3, 0.4) is 0 Å². The Balaban J connectivity index is 1.59. The highest BCUT2D eigenvalue weighted by molar-refractivity contribution is 5.82. The summed E-state index contributed by atoms with van der Waals surface area (Å²) >= 11 is 0. The van der Waals surface area contributed by atoms with Crippen molar-refractivity contribution in [2.24, 2.45) is 5.92 Å².